The van der Waals surface area contributed by atoms with E-state index in [-0.39, 0.29) is 23.9 Å². The highest BCUT2D eigenvalue weighted by atomic mass is 16.1. The van der Waals surface area contributed by atoms with E-state index in [2.05, 4.69) is 22.3 Å². The summed E-state index contributed by atoms with van der Waals surface area (Å²) >= 11 is 0. The van der Waals surface area contributed by atoms with Crippen LogP contribution in [0.2, 0.25) is 0 Å². The molecule has 0 saturated carbocycles. The maximum Gasteiger partial charge on any atom is 0.227 e. The SMILES string of the molecule is CN(C)C(CNC(=O)C1C=CC(N)C1)c1ccccc1. The van der Waals surface area contributed by atoms with E-state index in [9.17, 15) is 4.79 Å². The summed E-state index contributed by atoms with van der Waals surface area (Å²) in [4.78, 5) is 14.2. The normalized spacial score (nSPS) is 23.0. The lowest BCUT2D eigenvalue weighted by atomic mass is 10.0. The van der Waals surface area contributed by atoms with Crippen molar-refractivity contribution in [3.05, 3.63) is 48.0 Å². The molecule has 1 aromatic rings. The molecule has 0 aliphatic heterocycles. The summed E-state index contributed by atoms with van der Waals surface area (Å²) in [6.07, 6.45) is 4.53. The molecule has 1 aliphatic rings. The third-order valence-electron chi connectivity index (χ3n) is 3.73. The number of nitrogens with one attached hydrogen (secondary N) is 1. The van der Waals surface area contributed by atoms with Crippen LogP contribution in [0.25, 0.3) is 0 Å². The first-order chi connectivity index (χ1) is 9.58. The molecule has 20 heavy (non-hydrogen) atoms. The van der Waals surface area contributed by atoms with Crippen molar-refractivity contribution in [3.8, 4) is 0 Å². The van der Waals surface area contributed by atoms with Gasteiger partial charge in [-0.25, -0.2) is 0 Å². The van der Waals surface area contributed by atoms with Gasteiger partial charge >= 0.3 is 0 Å². The van der Waals surface area contributed by atoms with Crippen LogP contribution in [-0.2, 0) is 4.79 Å². The Morgan fingerprint density at radius 1 is 1.35 bits per heavy atom. The van der Waals surface area contributed by atoms with Gasteiger partial charge in [0.1, 0.15) is 0 Å². The van der Waals surface area contributed by atoms with Gasteiger partial charge in [-0.1, -0.05) is 42.5 Å². The van der Waals surface area contributed by atoms with E-state index in [0.717, 1.165) is 0 Å². The molecule has 0 spiro atoms. The molecule has 0 bridgehead atoms. The molecule has 0 saturated heterocycles. The number of nitrogens with two attached hydrogens (primary N) is 1. The van der Waals surface area contributed by atoms with Crippen molar-refractivity contribution in [3.63, 3.8) is 0 Å². The molecule has 0 radical (unpaired) electrons. The molecule has 0 heterocycles. The summed E-state index contributed by atoms with van der Waals surface area (Å²) in [5.74, 6) is -0.0134. The molecule has 108 valence electrons. The first-order valence-electron chi connectivity index (χ1n) is 7.01. The van der Waals surface area contributed by atoms with Crippen molar-refractivity contribution in [2.75, 3.05) is 20.6 Å². The minimum absolute atomic E-state index is 0.0181. The fraction of sp³-hybridized carbons (Fsp3) is 0.438. The Balaban J connectivity index is 1.93. The topological polar surface area (TPSA) is 58.4 Å². The number of rotatable bonds is 5. The largest absolute Gasteiger partial charge is 0.354 e. The fourth-order valence-electron chi connectivity index (χ4n) is 2.52. The van der Waals surface area contributed by atoms with Gasteiger partial charge < -0.3 is 16.0 Å². The number of hydrogen-bond acceptors (Lipinski definition) is 3. The van der Waals surface area contributed by atoms with Crippen LogP contribution in [0.15, 0.2) is 42.5 Å². The van der Waals surface area contributed by atoms with Gasteiger partial charge in [0.15, 0.2) is 0 Å². The molecule has 0 aromatic heterocycles. The van der Waals surface area contributed by atoms with Gasteiger partial charge in [-0.2, -0.15) is 0 Å². The van der Waals surface area contributed by atoms with Crippen LogP contribution < -0.4 is 11.1 Å². The molecule has 1 amide bonds. The van der Waals surface area contributed by atoms with Crippen LogP contribution in [0.1, 0.15) is 18.0 Å². The monoisotopic (exact) mass is 273 g/mol. The van der Waals surface area contributed by atoms with E-state index in [0.29, 0.717) is 13.0 Å². The summed E-state index contributed by atoms with van der Waals surface area (Å²) in [6.45, 7) is 0.607. The Bertz CT molecular complexity index is 470. The number of hydrogen-bond donors (Lipinski definition) is 2. The van der Waals surface area contributed by atoms with Crippen molar-refractivity contribution in [2.45, 2.75) is 18.5 Å². The Morgan fingerprint density at radius 2 is 2.05 bits per heavy atom. The summed E-state index contributed by atoms with van der Waals surface area (Å²) < 4.78 is 0. The van der Waals surface area contributed by atoms with Crippen LogP contribution in [-0.4, -0.2) is 37.5 Å². The predicted octanol–water partition coefficient (Wildman–Crippen LogP) is 1.31. The Morgan fingerprint density at radius 3 is 2.60 bits per heavy atom. The molecule has 1 aliphatic carbocycles. The Hall–Kier alpha value is -1.65. The number of carbonyl (C=O) groups excluding carboxylic acids is 1. The molecule has 4 heteroatoms. The molecule has 1 aromatic carbocycles. The third kappa shape index (κ3) is 3.68. The lowest BCUT2D eigenvalue weighted by Crippen LogP contribution is -2.37. The van der Waals surface area contributed by atoms with Gasteiger partial charge in [-0.3, -0.25) is 4.79 Å². The quantitative estimate of drug-likeness (QED) is 0.795. The second-order valence-electron chi connectivity index (χ2n) is 5.53. The van der Waals surface area contributed by atoms with Gasteiger partial charge in [0.25, 0.3) is 0 Å². The van der Waals surface area contributed by atoms with Gasteiger partial charge in [-0.15, -0.1) is 0 Å². The summed E-state index contributed by atoms with van der Waals surface area (Å²) in [5.41, 5.74) is 6.99. The zero-order chi connectivity index (χ0) is 14.5. The van der Waals surface area contributed by atoms with E-state index in [4.69, 9.17) is 5.73 Å². The smallest absolute Gasteiger partial charge is 0.227 e. The average Bonchev–Trinajstić information content (AvgIpc) is 2.86. The molecule has 4 nitrogen and oxygen atoms in total. The van der Waals surface area contributed by atoms with Crippen molar-refractivity contribution in [1.29, 1.82) is 0 Å². The molecular weight excluding hydrogens is 250 g/mol. The minimum atomic E-state index is -0.0800. The molecule has 3 unspecified atom stereocenters. The maximum absolute atomic E-state index is 12.1. The zero-order valence-electron chi connectivity index (χ0n) is 12.1. The molecule has 3 N–H and O–H groups in total. The van der Waals surface area contributed by atoms with Crippen molar-refractivity contribution in [2.24, 2.45) is 11.7 Å². The second-order valence-corrected chi connectivity index (χ2v) is 5.53. The highest BCUT2D eigenvalue weighted by Gasteiger charge is 2.23. The number of likely N-dealkylation sites (N-methyl/N-ethyl adjacent to an activating group) is 1. The molecule has 0 fully saturated rings. The highest BCUT2D eigenvalue weighted by Crippen LogP contribution is 2.19. The van der Waals surface area contributed by atoms with Gasteiger partial charge in [0.2, 0.25) is 5.91 Å². The first-order valence-corrected chi connectivity index (χ1v) is 7.01. The predicted molar refractivity (Wildman–Crippen MR) is 81.1 cm³/mol. The minimum Gasteiger partial charge on any atom is -0.354 e. The summed E-state index contributed by atoms with van der Waals surface area (Å²) in [6, 6.07) is 10.4. The standard InChI is InChI=1S/C16H23N3O/c1-19(2)15(12-6-4-3-5-7-12)11-18-16(20)13-8-9-14(17)10-13/h3-9,13-15H,10-11,17H2,1-2H3,(H,18,20). The first kappa shape index (κ1) is 14.8. The Labute approximate surface area is 120 Å². The van der Waals surface area contributed by atoms with E-state index < -0.39 is 0 Å². The van der Waals surface area contributed by atoms with Crippen molar-refractivity contribution >= 4 is 5.91 Å². The molecule has 3 atom stereocenters. The third-order valence-corrected chi connectivity index (χ3v) is 3.73. The summed E-state index contributed by atoms with van der Waals surface area (Å²) in [7, 11) is 4.05. The highest BCUT2D eigenvalue weighted by molar-refractivity contribution is 5.81. The molecule has 2 rings (SSSR count). The van der Waals surface area contributed by atoms with Gasteiger partial charge in [0.05, 0.1) is 12.0 Å². The average molecular weight is 273 g/mol. The number of benzene rings is 1. The van der Waals surface area contributed by atoms with Crippen LogP contribution in [0.3, 0.4) is 0 Å². The zero-order valence-corrected chi connectivity index (χ0v) is 12.1. The number of carbonyl (C=O) groups is 1. The van der Waals surface area contributed by atoms with E-state index in [1.807, 2.05) is 44.4 Å². The summed E-state index contributed by atoms with van der Waals surface area (Å²) in [5, 5.41) is 3.04. The van der Waals surface area contributed by atoms with Gasteiger partial charge in [-0.05, 0) is 26.1 Å². The second kappa shape index (κ2) is 6.68. The van der Waals surface area contributed by atoms with E-state index >= 15 is 0 Å². The molecular formula is C16H23N3O. The lowest BCUT2D eigenvalue weighted by molar-refractivity contribution is -0.123. The maximum atomic E-state index is 12.1. The number of amides is 1. The fourth-order valence-corrected chi connectivity index (χ4v) is 2.52. The van der Waals surface area contributed by atoms with Gasteiger partial charge in [0, 0.05) is 12.6 Å². The van der Waals surface area contributed by atoms with Crippen molar-refractivity contribution < 1.29 is 4.79 Å². The van der Waals surface area contributed by atoms with E-state index in [1.54, 1.807) is 0 Å². The number of nitrogens with zero attached hydrogens (tertiary/aromatic N) is 1. The van der Waals surface area contributed by atoms with Crippen LogP contribution in [0.5, 0.6) is 0 Å². The Kier molecular flexibility index (Phi) is 4.93. The van der Waals surface area contributed by atoms with Crippen LogP contribution >= 0.6 is 0 Å². The van der Waals surface area contributed by atoms with Crippen molar-refractivity contribution in [1.82, 2.24) is 10.2 Å². The van der Waals surface area contributed by atoms with Crippen LogP contribution in [0, 0.1) is 5.92 Å². The lowest BCUT2D eigenvalue weighted by Gasteiger charge is -2.25. The van der Waals surface area contributed by atoms with E-state index in [1.165, 1.54) is 5.56 Å². The van der Waals surface area contributed by atoms with Crippen LogP contribution in [0.4, 0.5) is 0 Å².